The van der Waals surface area contributed by atoms with Gasteiger partial charge in [-0.2, -0.15) is 0 Å². The number of aliphatic hydroxyl groups excluding tert-OH is 2. The van der Waals surface area contributed by atoms with Gasteiger partial charge in [0.15, 0.2) is 11.9 Å². The van der Waals surface area contributed by atoms with E-state index in [2.05, 4.69) is 73.8 Å². The van der Waals surface area contributed by atoms with Crippen molar-refractivity contribution in [2.75, 3.05) is 52.4 Å². The zero-order valence-corrected chi connectivity index (χ0v) is 55.9. The summed E-state index contributed by atoms with van der Waals surface area (Å²) in [6.45, 7) is 1.12. The van der Waals surface area contributed by atoms with E-state index in [0.29, 0.717) is 36.9 Å². The molecule has 13 amide bonds. The number of aliphatic imine (C=N–C) groups is 2. The monoisotopic (exact) mass is 1400 g/mol. The lowest BCUT2D eigenvalue weighted by Crippen LogP contribution is -2.60. The second-order valence-corrected chi connectivity index (χ2v) is 23.1. The maximum absolute atomic E-state index is 14.1. The second-order valence-electron chi connectivity index (χ2n) is 23.1. The fourth-order valence-electron chi connectivity index (χ4n) is 9.19. The van der Waals surface area contributed by atoms with Gasteiger partial charge in [0.1, 0.15) is 60.1 Å². The summed E-state index contributed by atoms with van der Waals surface area (Å²) in [5, 5.41) is 59.5. The number of aromatic hydroxyl groups is 1. The molecule has 38 heteroatoms. The summed E-state index contributed by atoms with van der Waals surface area (Å²) in [6.07, 6.45) is 0.0728. The number of primary amides is 1. The van der Waals surface area contributed by atoms with Gasteiger partial charge in [-0.15, -0.1) is 0 Å². The van der Waals surface area contributed by atoms with E-state index in [4.69, 9.17) is 45.9 Å². The number of unbranched alkanes of at least 4 members (excludes halogenated alkanes) is 2. The molecule has 0 bridgehead atoms. The first-order valence-corrected chi connectivity index (χ1v) is 32.1. The summed E-state index contributed by atoms with van der Waals surface area (Å²) in [5.41, 5.74) is 45.8. The Hall–Kier alpha value is -10.3. The van der Waals surface area contributed by atoms with Gasteiger partial charge in [-0.05, 0) is 128 Å². The largest absolute Gasteiger partial charge is 0.508 e. The summed E-state index contributed by atoms with van der Waals surface area (Å²) < 4.78 is 0. The second kappa shape index (κ2) is 46.0. The number of phenols is 1. The molecule has 0 heterocycles. The molecule has 99 heavy (non-hydrogen) atoms. The first-order valence-electron chi connectivity index (χ1n) is 32.1. The van der Waals surface area contributed by atoms with Crippen LogP contribution in [0.5, 0.6) is 5.75 Å². The Labute approximate surface area is 572 Å². The number of phenolic OH excluding ortho intramolecular Hbond substituents is 1. The molecule has 0 saturated heterocycles. The first kappa shape index (κ1) is 84.8. The van der Waals surface area contributed by atoms with Crippen LogP contribution in [0.25, 0.3) is 0 Å². The molecule has 2 aromatic rings. The Morgan fingerprint density at radius 3 is 1.33 bits per heavy atom. The van der Waals surface area contributed by atoms with Crippen LogP contribution in [0.15, 0.2) is 64.6 Å². The Balaban J connectivity index is 2.17. The number of nitrogens with one attached hydrogen (secondary N) is 12. The van der Waals surface area contributed by atoms with E-state index in [1.807, 2.05) is 0 Å². The number of aliphatic hydroxyl groups is 2. The maximum Gasteiger partial charge on any atom is 0.245 e. The molecule has 11 atom stereocenters. The van der Waals surface area contributed by atoms with Gasteiger partial charge in [-0.25, -0.2) is 0 Å². The van der Waals surface area contributed by atoms with E-state index in [1.54, 1.807) is 42.5 Å². The number of carbonyl (C=O) groups is 13. The van der Waals surface area contributed by atoms with Crippen molar-refractivity contribution < 1.29 is 77.6 Å². The summed E-state index contributed by atoms with van der Waals surface area (Å²) in [6, 6.07) is 0.281. The minimum atomic E-state index is -1.73. The Morgan fingerprint density at radius 1 is 0.424 bits per heavy atom. The number of nitrogens with two attached hydrogens (primary N) is 8. The minimum absolute atomic E-state index is 0.0240. The fraction of sp³-hybridized carbons (Fsp3) is 0.557. The van der Waals surface area contributed by atoms with Crippen molar-refractivity contribution in [3.05, 3.63) is 65.7 Å². The van der Waals surface area contributed by atoms with Crippen LogP contribution >= 0.6 is 0 Å². The highest BCUT2D eigenvalue weighted by molar-refractivity contribution is 5.99. The molecule has 2 rings (SSSR count). The molecule has 0 aliphatic carbocycles. The third-order valence-electron chi connectivity index (χ3n) is 14.7. The molecule has 0 radical (unpaired) electrons. The molecule has 38 nitrogen and oxygen atoms in total. The zero-order chi connectivity index (χ0) is 74.1. The van der Waals surface area contributed by atoms with Crippen LogP contribution in [0.1, 0.15) is 96.1 Å². The fourth-order valence-corrected chi connectivity index (χ4v) is 9.19. The van der Waals surface area contributed by atoms with Gasteiger partial charge < -0.3 is 125 Å². The molecule has 550 valence electrons. The standard InChI is InChI=1S/C61H100N22O16/c1-33(75-47(88)31-74-59(99)49(35(3)85)83-57(97)44(28-36-13-5-4-6-14-36)77-48(89)30-72-46(87)29-73-53(93)39(64)27-37-19-21-38(86)22-20-37)51(91)79-43(18-12-26-71-61(68)69)55(95)81-41(16-8-10-24-63)56(96)82-45(32-84)58(98)76-34(2)52(92)80-42(17-11-25-70-60(66)67)54(94)78-40(50(65)90)15-7-9-23-62/h4-6,13-14,19-22,33-35,39-45,49,84-86H,7-12,15-18,23-32,62-64H2,1-3H3,(H2,65,90)(H,72,87)(H,73,93)(H,74,99)(H,75,88)(H,76,98)(H,77,89)(H,78,94)(H,79,91)(H,80,92)(H,81,95)(H,82,96)(H,83,97)(H4,66,67,70)(H4,68,69,71)/t33-,34-,35+,39-,40-,41-,42-,43-,44-,45-,49-/m0/s1. The van der Waals surface area contributed by atoms with Crippen LogP contribution in [-0.4, -0.2) is 223 Å². The highest BCUT2D eigenvalue weighted by atomic mass is 16.3. The van der Waals surface area contributed by atoms with E-state index >= 15 is 0 Å². The zero-order valence-electron chi connectivity index (χ0n) is 55.9. The Morgan fingerprint density at radius 2 is 0.838 bits per heavy atom. The summed E-state index contributed by atoms with van der Waals surface area (Å²) in [4.78, 5) is 181. The van der Waals surface area contributed by atoms with Crippen molar-refractivity contribution in [3.8, 4) is 5.75 Å². The van der Waals surface area contributed by atoms with Crippen molar-refractivity contribution in [3.63, 3.8) is 0 Å². The molecule has 0 fully saturated rings. The smallest absolute Gasteiger partial charge is 0.245 e. The minimum Gasteiger partial charge on any atom is -0.508 e. The molecular weight excluding hydrogens is 1300 g/mol. The number of nitrogens with zero attached hydrogens (tertiary/aromatic N) is 2. The molecule has 0 saturated carbocycles. The topological polar surface area (TPSA) is 660 Å². The lowest BCUT2D eigenvalue weighted by Gasteiger charge is -2.26. The number of guanidine groups is 2. The van der Waals surface area contributed by atoms with Gasteiger partial charge in [0.2, 0.25) is 76.8 Å². The van der Waals surface area contributed by atoms with Crippen LogP contribution < -0.4 is 110 Å². The van der Waals surface area contributed by atoms with E-state index in [9.17, 15) is 77.6 Å². The lowest BCUT2D eigenvalue weighted by molar-refractivity contribution is -0.136. The van der Waals surface area contributed by atoms with E-state index in [1.165, 1.54) is 26.0 Å². The van der Waals surface area contributed by atoms with Crippen molar-refractivity contribution in [2.24, 2.45) is 55.9 Å². The van der Waals surface area contributed by atoms with E-state index < -0.39 is 170 Å². The maximum atomic E-state index is 14.1. The third kappa shape index (κ3) is 34.5. The summed E-state index contributed by atoms with van der Waals surface area (Å²) in [7, 11) is 0. The van der Waals surface area contributed by atoms with E-state index in [0.717, 1.165) is 6.92 Å². The number of carbonyl (C=O) groups excluding carboxylic acids is 13. The highest BCUT2D eigenvalue weighted by Crippen LogP contribution is 2.12. The average molecular weight is 1400 g/mol. The normalized spacial score (nSPS) is 14.2. The van der Waals surface area contributed by atoms with Gasteiger partial charge in [-0.3, -0.25) is 72.3 Å². The van der Waals surface area contributed by atoms with Crippen LogP contribution in [0.3, 0.4) is 0 Å². The number of benzene rings is 2. The van der Waals surface area contributed by atoms with Crippen molar-refractivity contribution >= 4 is 88.7 Å². The molecule has 0 aromatic heterocycles. The molecular formula is C61H100N22O16. The van der Waals surface area contributed by atoms with Crippen LogP contribution in [0, 0.1) is 0 Å². The Bertz CT molecular complexity index is 3040. The highest BCUT2D eigenvalue weighted by Gasteiger charge is 2.34. The van der Waals surface area contributed by atoms with Gasteiger partial charge in [0.25, 0.3) is 0 Å². The van der Waals surface area contributed by atoms with Gasteiger partial charge in [0.05, 0.1) is 38.4 Å². The Kier molecular flexibility index (Phi) is 39.4. The number of hydrogen-bond donors (Lipinski definition) is 23. The summed E-state index contributed by atoms with van der Waals surface area (Å²) >= 11 is 0. The molecule has 0 aliphatic rings. The number of rotatable bonds is 47. The van der Waals surface area contributed by atoms with Gasteiger partial charge in [0, 0.05) is 19.5 Å². The molecule has 2 aromatic carbocycles. The van der Waals surface area contributed by atoms with Crippen LogP contribution in [0.2, 0.25) is 0 Å². The number of amides is 13. The quantitative estimate of drug-likeness (QED) is 0.0166. The molecule has 0 aliphatic heterocycles. The predicted octanol–water partition coefficient (Wildman–Crippen LogP) is -9.52. The van der Waals surface area contributed by atoms with Crippen LogP contribution in [-0.2, 0) is 75.2 Å². The van der Waals surface area contributed by atoms with Crippen LogP contribution in [0.4, 0.5) is 0 Å². The van der Waals surface area contributed by atoms with Gasteiger partial charge in [-0.1, -0.05) is 42.5 Å². The summed E-state index contributed by atoms with van der Waals surface area (Å²) in [5.74, 6) is -12.3. The lowest BCUT2D eigenvalue weighted by atomic mass is 10.0. The van der Waals surface area contributed by atoms with Crippen molar-refractivity contribution in [1.82, 2.24) is 63.8 Å². The first-order chi connectivity index (χ1) is 46.9. The molecule has 31 N–H and O–H groups in total. The van der Waals surface area contributed by atoms with E-state index in [-0.39, 0.29) is 95.1 Å². The SMILES string of the molecule is C[C@H](NC(=O)CNC(=O)[C@@H](NC(=O)[C@H](Cc1ccccc1)NC(=O)CNC(=O)CNC(=O)[C@@H](N)Cc1ccc(O)cc1)[C@@H](C)O)C(=O)N[C@@H](CCCN=C(N)N)C(=O)N[C@@H](CCCCN)C(=O)N[C@@H](CO)C(=O)N[C@@H](C)C(=O)N[C@@H](CCCN=C(N)N)C(=O)N[C@@H](CCCCN)C(N)=O. The number of hydrogen-bond acceptors (Lipinski definition) is 21. The van der Waals surface area contributed by atoms with Gasteiger partial charge >= 0.3 is 0 Å². The molecule has 0 unspecified atom stereocenters. The third-order valence-corrected chi connectivity index (χ3v) is 14.7. The predicted molar refractivity (Wildman–Crippen MR) is 361 cm³/mol. The molecule has 0 spiro atoms. The van der Waals surface area contributed by atoms with Crippen molar-refractivity contribution in [2.45, 2.75) is 164 Å². The average Bonchev–Trinajstić information content (AvgIpc) is 0.890. The van der Waals surface area contributed by atoms with Crippen molar-refractivity contribution in [1.29, 1.82) is 0 Å².